The van der Waals surface area contributed by atoms with Crippen molar-refractivity contribution < 1.29 is 19.1 Å². The van der Waals surface area contributed by atoms with Crippen LogP contribution in [0.15, 0.2) is 30.3 Å². The number of Topliss-reactive ketones (excluding diaryl/α,β-unsaturated/α-hetero) is 1. The van der Waals surface area contributed by atoms with Gasteiger partial charge in [0.15, 0.2) is 6.29 Å². The zero-order chi connectivity index (χ0) is 18.8. The van der Waals surface area contributed by atoms with E-state index in [9.17, 15) is 9.59 Å². The number of carbonyl (C=O) groups excluding carboxylic acids is 2. The number of ketones is 1. The summed E-state index contributed by atoms with van der Waals surface area (Å²) in [5.74, 6) is 0.248. The van der Waals surface area contributed by atoms with Gasteiger partial charge in [-0.05, 0) is 24.8 Å². The maximum atomic E-state index is 12.8. The fourth-order valence-corrected chi connectivity index (χ4v) is 4.25. The monoisotopic (exact) mass is 358 g/mol. The molecule has 4 nitrogen and oxygen atoms in total. The van der Waals surface area contributed by atoms with E-state index in [1.54, 1.807) is 0 Å². The Balaban J connectivity index is 1.68. The molecule has 2 heterocycles. The first kappa shape index (κ1) is 19.2. The van der Waals surface area contributed by atoms with Gasteiger partial charge in [-0.2, -0.15) is 0 Å². The Morgan fingerprint density at radius 3 is 2.73 bits per heavy atom. The van der Waals surface area contributed by atoms with Gasteiger partial charge in [-0.25, -0.2) is 0 Å². The molecule has 1 aromatic carbocycles. The standard InChI is InChI=1S/C22H30O4/c1-4-21(2,3)20(24)12-18-17(19-10-11-22(18,15-23)26-19)14-25-13-16-8-6-5-7-9-16/h5-9,15,17-19H,4,10-14H2,1-3H3/t17?,18?,19?,22-/m0/s1. The van der Waals surface area contributed by atoms with Crippen LogP contribution in [0.25, 0.3) is 0 Å². The lowest BCUT2D eigenvalue weighted by Gasteiger charge is -2.34. The molecular formula is C22H30O4. The maximum Gasteiger partial charge on any atom is 0.152 e. The number of benzene rings is 1. The van der Waals surface area contributed by atoms with E-state index in [0.29, 0.717) is 19.6 Å². The summed E-state index contributed by atoms with van der Waals surface area (Å²) in [5.41, 5.74) is -0.0202. The predicted octanol–water partition coefficient (Wildman–Crippen LogP) is 3.96. The first-order valence-electron chi connectivity index (χ1n) is 9.71. The molecule has 3 rings (SSSR count). The van der Waals surface area contributed by atoms with Crippen molar-refractivity contribution in [2.75, 3.05) is 6.61 Å². The molecule has 2 fully saturated rings. The van der Waals surface area contributed by atoms with Gasteiger partial charge in [0.25, 0.3) is 0 Å². The molecule has 4 atom stereocenters. The van der Waals surface area contributed by atoms with Crippen molar-refractivity contribution in [3.63, 3.8) is 0 Å². The minimum atomic E-state index is -0.787. The van der Waals surface area contributed by atoms with Gasteiger partial charge in [0.05, 0.1) is 19.3 Å². The third kappa shape index (κ3) is 3.63. The van der Waals surface area contributed by atoms with E-state index >= 15 is 0 Å². The Morgan fingerprint density at radius 1 is 1.35 bits per heavy atom. The summed E-state index contributed by atoms with van der Waals surface area (Å²) < 4.78 is 12.0. The van der Waals surface area contributed by atoms with Crippen LogP contribution in [0.4, 0.5) is 0 Å². The van der Waals surface area contributed by atoms with Gasteiger partial charge in [0.1, 0.15) is 11.4 Å². The quantitative estimate of drug-likeness (QED) is 0.627. The number of aldehydes is 1. The lowest BCUT2D eigenvalue weighted by atomic mass is 9.68. The first-order valence-corrected chi connectivity index (χ1v) is 9.71. The van der Waals surface area contributed by atoms with Gasteiger partial charge in [0, 0.05) is 23.7 Å². The summed E-state index contributed by atoms with van der Waals surface area (Å²) in [4.78, 5) is 24.7. The molecule has 1 aromatic rings. The van der Waals surface area contributed by atoms with E-state index in [4.69, 9.17) is 9.47 Å². The van der Waals surface area contributed by atoms with E-state index in [-0.39, 0.29) is 29.1 Å². The largest absolute Gasteiger partial charge is 0.376 e. The summed E-state index contributed by atoms with van der Waals surface area (Å²) >= 11 is 0. The molecule has 0 amide bonds. The van der Waals surface area contributed by atoms with Crippen LogP contribution in [0.3, 0.4) is 0 Å². The summed E-state index contributed by atoms with van der Waals surface area (Å²) in [6.07, 6.45) is 3.77. The Morgan fingerprint density at radius 2 is 2.08 bits per heavy atom. The smallest absolute Gasteiger partial charge is 0.152 e. The number of rotatable bonds is 9. The van der Waals surface area contributed by atoms with E-state index in [1.807, 2.05) is 51.1 Å². The predicted molar refractivity (Wildman–Crippen MR) is 99.7 cm³/mol. The summed E-state index contributed by atoms with van der Waals surface area (Å²) in [5, 5.41) is 0. The Kier molecular flexibility index (Phi) is 5.64. The molecule has 26 heavy (non-hydrogen) atoms. The van der Waals surface area contributed by atoms with Gasteiger partial charge < -0.3 is 14.3 Å². The van der Waals surface area contributed by atoms with E-state index in [2.05, 4.69) is 0 Å². The highest BCUT2D eigenvalue weighted by Gasteiger charge is 2.60. The summed E-state index contributed by atoms with van der Waals surface area (Å²) in [7, 11) is 0. The van der Waals surface area contributed by atoms with Crippen LogP contribution in [0.1, 0.15) is 52.0 Å². The van der Waals surface area contributed by atoms with E-state index in [1.165, 1.54) is 0 Å². The molecule has 0 spiro atoms. The van der Waals surface area contributed by atoms with Crippen molar-refractivity contribution in [2.24, 2.45) is 17.3 Å². The highest BCUT2D eigenvalue weighted by Crippen LogP contribution is 2.52. The van der Waals surface area contributed by atoms with Crippen LogP contribution in [0.2, 0.25) is 0 Å². The zero-order valence-electron chi connectivity index (χ0n) is 16.1. The van der Waals surface area contributed by atoms with Gasteiger partial charge in [-0.1, -0.05) is 51.1 Å². The average Bonchev–Trinajstić information content (AvgIpc) is 3.21. The maximum absolute atomic E-state index is 12.8. The molecule has 0 saturated carbocycles. The van der Waals surface area contributed by atoms with Crippen LogP contribution in [-0.4, -0.2) is 30.4 Å². The summed E-state index contributed by atoms with van der Waals surface area (Å²) in [6.45, 7) is 7.07. The molecular weight excluding hydrogens is 328 g/mol. The normalized spacial score (nSPS) is 30.5. The highest BCUT2D eigenvalue weighted by atomic mass is 16.5. The van der Waals surface area contributed by atoms with Crippen molar-refractivity contribution >= 4 is 12.1 Å². The molecule has 3 unspecified atom stereocenters. The fraction of sp³-hybridized carbons (Fsp3) is 0.636. The number of fused-ring (bicyclic) bond motifs is 2. The van der Waals surface area contributed by atoms with Crippen molar-refractivity contribution in [2.45, 2.75) is 64.8 Å². The fourth-order valence-electron chi connectivity index (χ4n) is 4.25. The molecule has 0 N–H and O–H groups in total. The number of carbonyl (C=O) groups is 2. The molecule has 0 aliphatic carbocycles. The number of hydrogen-bond acceptors (Lipinski definition) is 4. The second-order valence-corrected chi connectivity index (χ2v) is 8.40. The summed E-state index contributed by atoms with van der Waals surface area (Å²) in [6, 6.07) is 10.0. The van der Waals surface area contributed by atoms with E-state index < -0.39 is 5.60 Å². The lowest BCUT2D eigenvalue weighted by Crippen LogP contribution is -2.43. The molecule has 0 aromatic heterocycles. The molecule has 2 saturated heterocycles. The van der Waals surface area contributed by atoms with Crippen molar-refractivity contribution in [1.29, 1.82) is 0 Å². The van der Waals surface area contributed by atoms with Crippen LogP contribution >= 0.6 is 0 Å². The molecule has 2 aliphatic rings. The molecule has 4 heteroatoms. The second-order valence-electron chi connectivity index (χ2n) is 8.40. The second kappa shape index (κ2) is 7.61. The minimum absolute atomic E-state index is 0.0264. The van der Waals surface area contributed by atoms with Gasteiger partial charge in [0.2, 0.25) is 0 Å². The number of hydrogen-bond donors (Lipinski definition) is 0. The van der Waals surface area contributed by atoms with Crippen LogP contribution < -0.4 is 0 Å². The average molecular weight is 358 g/mol. The lowest BCUT2D eigenvalue weighted by molar-refractivity contribution is -0.133. The van der Waals surface area contributed by atoms with Crippen molar-refractivity contribution in [3.05, 3.63) is 35.9 Å². The molecule has 142 valence electrons. The van der Waals surface area contributed by atoms with Crippen molar-refractivity contribution in [1.82, 2.24) is 0 Å². The minimum Gasteiger partial charge on any atom is -0.376 e. The van der Waals surface area contributed by atoms with Crippen LogP contribution in [0, 0.1) is 17.3 Å². The Bertz CT molecular complexity index is 639. The third-order valence-corrected chi connectivity index (χ3v) is 6.48. The molecule has 2 bridgehead atoms. The SMILES string of the molecule is CCC(C)(C)C(=O)CC1C(COCc2ccccc2)C2CC[C@@]1(C=O)O2. The first-order chi connectivity index (χ1) is 12.4. The van der Waals surface area contributed by atoms with Crippen LogP contribution in [0.5, 0.6) is 0 Å². The molecule has 2 aliphatic heterocycles. The number of ether oxygens (including phenoxy) is 2. The Labute approximate surface area is 156 Å². The van der Waals surface area contributed by atoms with Crippen LogP contribution in [-0.2, 0) is 25.7 Å². The topological polar surface area (TPSA) is 52.6 Å². The zero-order valence-corrected chi connectivity index (χ0v) is 16.1. The highest BCUT2D eigenvalue weighted by molar-refractivity contribution is 5.85. The third-order valence-electron chi connectivity index (χ3n) is 6.48. The van der Waals surface area contributed by atoms with Gasteiger partial charge >= 0.3 is 0 Å². The van der Waals surface area contributed by atoms with Gasteiger partial charge in [-0.3, -0.25) is 4.79 Å². The van der Waals surface area contributed by atoms with Crippen molar-refractivity contribution in [3.8, 4) is 0 Å². The molecule has 0 radical (unpaired) electrons. The van der Waals surface area contributed by atoms with E-state index in [0.717, 1.165) is 31.1 Å². The Hall–Kier alpha value is -1.52. The van der Waals surface area contributed by atoms with Gasteiger partial charge in [-0.15, -0.1) is 0 Å².